The molecule has 0 aromatic heterocycles. The van der Waals surface area contributed by atoms with Crippen LogP contribution in [0.2, 0.25) is 10.0 Å². The maximum absolute atomic E-state index is 12.6. The number of nitrogens with one attached hydrogen (secondary N) is 1. The van der Waals surface area contributed by atoms with Gasteiger partial charge < -0.3 is 11.1 Å². The monoisotopic (exact) mass is 385 g/mol. The van der Waals surface area contributed by atoms with Crippen LogP contribution in [-0.4, -0.2) is 36.5 Å². The van der Waals surface area contributed by atoms with Gasteiger partial charge >= 0.3 is 0 Å². The Hall–Kier alpha value is -0.810. The SMILES string of the molecule is CCC(CC)(CN)C(=O)NC1CCN(Cc2ccc(Cl)c(Cl)c2)CC1. The topological polar surface area (TPSA) is 58.4 Å². The quantitative estimate of drug-likeness (QED) is 0.749. The number of halogens is 2. The van der Waals surface area contributed by atoms with Crippen molar-refractivity contribution in [2.45, 2.75) is 52.1 Å². The fraction of sp³-hybridized carbons (Fsp3) is 0.632. The van der Waals surface area contributed by atoms with Crippen LogP contribution in [-0.2, 0) is 11.3 Å². The van der Waals surface area contributed by atoms with Gasteiger partial charge in [-0.05, 0) is 43.4 Å². The molecular weight excluding hydrogens is 357 g/mol. The smallest absolute Gasteiger partial charge is 0.227 e. The number of nitrogens with two attached hydrogens (primary N) is 1. The third-order valence-corrected chi connectivity index (χ3v) is 6.28. The van der Waals surface area contributed by atoms with E-state index in [0.29, 0.717) is 16.6 Å². The summed E-state index contributed by atoms with van der Waals surface area (Å²) in [5.41, 5.74) is 6.62. The first-order valence-electron chi connectivity index (χ1n) is 9.11. The van der Waals surface area contributed by atoms with Crippen LogP contribution in [0, 0.1) is 5.41 Å². The molecule has 0 saturated carbocycles. The highest BCUT2D eigenvalue weighted by Crippen LogP contribution is 2.27. The van der Waals surface area contributed by atoms with Crippen molar-refractivity contribution < 1.29 is 4.79 Å². The van der Waals surface area contributed by atoms with Crippen LogP contribution in [0.4, 0.5) is 0 Å². The Morgan fingerprint density at radius 1 is 1.24 bits per heavy atom. The zero-order valence-corrected chi connectivity index (χ0v) is 16.7. The van der Waals surface area contributed by atoms with E-state index in [4.69, 9.17) is 28.9 Å². The summed E-state index contributed by atoms with van der Waals surface area (Å²) in [5, 5.41) is 4.41. The lowest BCUT2D eigenvalue weighted by atomic mass is 9.81. The summed E-state index contributed by atoms with van der Waals surface area (Å²) < 4.78 is 0. The van der Waals surface area contributed by atoms with Crippen LogP contribution < -0.4 is 11.1 Å². The van der Waals surface area contributed by atoms with Crippen molar-refractivity contribution in [3.63, 3.8) is 0 Å². The fourth-order valence-electron chi connectivity index (χ4n) is 3.42. The maximum atomic E-state index is 12.6. The van der Waals surface area contributed by atoms with Crippen molar-refractivity contribution in [2.24, 2.45) is 11.1 Å². The van der Waals surface area contributed by atoms with Gasteiger partial charge in [0.2, 0.25) is 5.91 Å². The van der Waals surface area contributed by atoms with E-state index in [1.807, 2.05) is 32.0 Å². The first-order chi connectivity index (χ1) is 11.9. The van der Waals surface area contributed by atoms with Gasteiger partial charge in [-0.2, -0.15) is 0 Å². The molecule has 1 saturated heterocycles. The first kappa shape index (κ1) is 20.5. The molecule has 0 aliphatic carbocycles. The van der Waals surface area contributed by atoms with Crippen molar-refractivity contribution in [1.29, 1.82) is 0 Å². The number of amides is 1. The zero-order valence-electron chi connectivity index (χ0n) is 15.2. The van der Waals surface area contributed by atoms with Crippen LogP contribution in [0.25, 0.3) is 0 Å². The molecule has 4 nitrogen and oxygen atoms in total. The summed E-state index contributed by atoms with van der Waals surface area (Å²) in [6.45, 7) is 7.25. The molecule has 140 valence electrons. The molecule has 1 heterocycles. The highest BCUT2D eigenvalue weighted by molar-refractivity contribution is 6.42. The van der Waals surface area contributed by atoms with E-state index in [1.165, 1.54) is 0 Å². The lowest BCUT2D eigenvalue weighted by Crippen LogP contribution is -2.51. The number of hydrogen-bond acceptors (Lipinski definition) is 3. The molecule has 1 amide bonds. The summed E-state index contributed by atoms with van der Waals surface area (Å²) in [5.74, 6) is 0.114. The molecule has 2 rings (SSSR count). The highest BCUT2D eigenvalue weighted by Gasteiger charge is 2.35. The Morgan fingerprint density at radius 2 is 1.88 bits per heavy atom. The van der Waals surface area contributed by atoms with Crippen LogP contribution in [0.5, 0.6) is 0 Å². The number of benzene rings is 1. The third-order valence-electron chi connectivity index (χ3n) is 5.54. The van der Waals surface area contributed by atoms with E-state index in [9.17, 15) is 4.79 Å². The van der Waals surface area contributed by atoms with E-state index in [1.54, 1.807) is 0 Å². The standard InChI is InChI=1S/C19H29Cl2N3O/c1-3-19(4-2,13-22)18(25)23-15-7-9-24(10-8-15)12-14-5-6-16(20)17(21)11-14/h5-6,11,15H,3-4,7-10,12-13,22H2,1-2H3,(H,23,25). The molecule has 1 aliphatic heterocycles. The summed E-state index contributed by atoms with van der Waals surface area (Å²) in [6, 6.07) is 6.02. The van der Waals surface area contributed by atoms with Crippen molar-refractivity contribution >= 4 is 29.1 Å². The summed E-state index contributed by atoms with van der Waals surface area (Å²) in [4.78, 5) is 15.0. The van der Waals surface area contributed by atoms with Crippen molar-refractivity contribution in [3.05, 3.63) is 33.8 Å². The molecule has 25 heavy (non-hydrogen) atoms. The minimum absolute atomic E-state index is 0.114. The number of rotatable bonds is 7. The second-order valence-corrected chi connectivity index (χ2v) is 7.78. The molecule has 1 fully saturated rings. The Labute approximate surface area is 161 Å². The van der Waals surface area contributed by atoms with E-state index in [2.05, 4.69) is 10.2 Å². The zero-order chi connectivity index (χ0) is 18.4. The minimum atomic E-state index is -0.419. The molecule has 6 heteroatoms. The summed E-state index contributed by atoms with van der Waals surface area (Å²) in [6.07, 6.45) is 3.48. The second kappa shape index (κ2) is 9.22. The van der Waals surface area contributed by atoms with Gasteiger partial charge in [-0.3, -0.25) is 9.69 Å². The van der Waals surface area contributed by atoms with Gasteiger partial charge in [0.05, 0.1) is 15.5 Å². The van der Waals surface area contributed by atoms with Crippen molar-refractivity contribution in [2.75, 3.05) is 19.6 Å². The van der Waals surface area contributed by atoms with Crippen LogP contribution >= 0.6 is 23.2 Å². The molecule has 0 unspecified atom stereocenters. The third kappa shape index (κ3) is 5.10. The Morgan fingerprint density at radius 3 is 2.40 bits per heavy atom. The first-order valence-corrected chi connectivity index (χ1v) is 9.87. The van der Waals surface area contributed by atoms with Crippen LogP contribution in [0.15, 0.2) is 18.2 Å². The number of piperidine rings is 1. The van der Waals surface area contributed by atoms with E-state index in [-0.39, 0.29) is 11.9 Å². The number of hydrogen-bond donors (Lipinski definition) is 2. The van der Waals surface area contributed by atoms with Gasteiger partial charge in [-0.15, -0.1) is 0 Å². The number of carbonyl (C=O) groups excluding carboxylic acids is 1. The molecule has 0 atom stereocenters. The Bertz CT molecular complexity index is 574. The van der Waals surface area contributed by atoms with E-state index >= 15 is 0 Å². The molecule has 1 aromatic rings. The van der Waals surface area contributed by atoms with Gasteiger partial charge in [0.15, 0.2) is 0 Å². The Balaban J connectivity index is 1.85. The predicted molar refractivity (Wildman–Crippen MR) is 105 cm³/mol. The minimum Gasteiger partial charge on any atom is -0.353 e. The van der Waals surface area contributed by atoms with Gasteiger partial charge in [-0.1, -0.05) is 43.1 Å². The molecule has 1 aromatic carbocycles. The van der Waals surface area contributed by atoms with Gasteiger partial charge in [0.25, 0.3) is 0 Å². The molecule has 1 aliphatic rings. The molecule has 0 radical (unpaired) electrons. The molecule has 0 bridgehead atoms. The summed E-state index contributed by atoms with van der Waals surface area (Å²) >= 11 is 12.1. The average molecular weight is 386 g/mol. The van der Waals surface area contributed by atoms with Crippen molar-refractivity contribution in [3.8, 4) is 0 Å². The van der Waals surface area contributed by atoms with Crippen molar-refractivity contribution in [1.82, 2.24) is 10.2 Å². The highest BCUT2D eigenvalue weighted by atomic mass is 35.5. The number of carbonyl (C=O) groups is 1. The van der Waals surface area contributed by atoms with Gasteiger partial charge in [-0.25, -0.2) is 0 Å². The largest absolute Gasteiger partial charge is 0.353 e. The lowest BCUT2D eigenvalue weighted by Gasteiger charge is -2.35. The van der Waals surface area contributed by atoms with Gasteiger partial charge in [0, 0.05) is 32.2 Å². The molecular formula is C19H29Cl2N3O. The number of likely N-dealkylation sites (tertiary alicyclic amines) is 1. The Kier molecular flexibility index (Phi) is 7.56. The average Bonchev–Trinajstić information content (AvgIpc) is 2.62. The normalized spacial score (nSPS) is 16.8. The number of nitrogens with zero attached hydrogens (tertiary/aromatic N) is 1. The van der Waals surface area contributed by atoms with E-state index < -0.39 is 5.41 Å². The molecule has 3 N–H and O–H groups in total. The van der Waals surface area contributed by atoms with Crippen LogP contribution in [0.3, 0.4) is 0 Å². The molecule has 0 spiro atoms. The lowest BCUT2D eigenvalue weighted by molar-refractivity contribution is -0.132. The van der Waals surface area contributed by atoms with Gasteiger partial charge in [0.1, 0.15) is 0 Å². The van der Waals surface area contributed by atoms with Crippen LogP contribution in [0.1, 0.15) is 45.1 Å². The fourth-order valence-corrected chi connectivity index (χ4v) is 3.74. The second-order valence-electron chi connectivity index (χ2n) is 6.96. The predicted octanol–water partition coefficient (Wildman–Crippen LogP) is 3.84. The summed E-state index contributed by atoms with van der Waals surface area (Å²) in [7, 11) is 0. The maximum Gasteiger partial charge on any atom is 0.227 e. The van der Waals surface area contributed by atoms with E-state index in [0.717, 1.165) is 50.9 Å².